The number of ether oxygens (including phenoxy) is 1. The maximum absolute atomic E-state index is 11.7. The molecule has 1 heterocycles. The minimum absolute atomic E-state index is 0.117. The zero-order valence-electron chi connectivity index (χ0n) is 11.1. The van der Waals surface area contributed by atoms with Crippen LogP contribution in [0.15, 0.2) is 24.8 Å². The Morgan fingerprint density at radius 1 is 1.30 bits per heavy atom. The number of carbonyl (C=O) groups excluding carboxylic acids is 2. The van der Waals surface area contributed by atoms with Crippen molar-refractivity contribution in [2.24, 2.45) is 0 Å². The molecule has 0 aromatic carbocycles. The number of hydrogen-bond acceptors (Lipinski definition) is 4. The van der Waals surface area contributed by atoms with Gasteiger partial charge >= 0.3 is 5.97 Å². The Morgan fingerprint density at radius 2 is 1.95 bits per heavy atom. The fraction of sp³-hybridized carbons (Fsp3) is 0.462. The molecule has 1 atom stereocenters. The summed E-state index contributed by atoms with van der Waals surface area (Å²) in [4.78, 5) is 35.6. The second kappa shape index (κ2) is 8.11. The van der Waals surface area contributed by atoms with E-state index in [1.54, 1.807) is 4.90 Å². The molecule has 1 aliphatic heterocycles. The molecule has 0 aromatic rings. The zero-order chi connectivity index (χ0) is 15.0. The zero-order valence-corrected chi connectivity index (χ0v) is 11.1. The number of aliphatic carboxylic acids is 1. The average molecular weight is 282 g/mol. The van der Waals surface area contributed by atoms with E-state index in [1.807, 2.05) is 0 Å². The van der Waals surface area contributed by atoms with Gasteiger partial charge in [0, 0.05) is 25.2 Å². The molecule has 1 rings (SSSR count). The predicted octanol–water partition coefficient (Wildman–Crippen LogP) is -0.453. The van der Waals surface area contributed by atoms with E-state index in [0.717, 1.165) is 12.2 Å². The molecule has 20 heavy (non-hydrogen) atoms. The normalized spacial score (nSPS) is 16.7. The van der Waals surface area contributed by atoms with Crippen LogP contribution < -0.4 is 5.32 Å². The highest BCUT2D eigenvalue weighted by molar-refractivity contribution is 5.98. The highest BCUT2D eigenvalue weighted by atomic mass is 16.5. The quantitative estimate of drug-likeness (QED) is 0.508. The molecule has 7 nitrogen and oxygen atoms in total. The third kappa shape index (κ3) is 5.23. The summed E-state index contributed by atoms with van der Waals surface area (Å²) in [7, 11) is 0. The highest BCUT2D eigenvalue weighted by Gasteiger charge is 2.18. The van der Waals surface area contributed by atoms with Crippen molar-refractivity contribution in [3.63, 3.8) is 0 Å². The summed E-state index contributed by atoms with van der Waals surface area (Å²) >= 11 is 0. The Balaban J connectivity index is 2.47. The molecule has 1 aliphatic rings. The Kier molecular flexibility index (Phi) is 6.45. The number of rotatable bonds is 6. The highest BCUT2D eigenvalue weighted by Crippen LogP contribution is 1.98. The first-order valence-corrected chi connectivity index (χ1v) is 6.23. The number of amides is 2. The van der Waals surface area contributed by atoms with Crippen LogP contribution in [0, 0.1) is 0 Å². The van der Waals surface area contributed by atoms with Crippen LogP contribution in [-0.2, 0) is 19.1 Å². The Labute approximate surface area is 116 Å². The van der Waals surface area contributed by atoms with Crippen LogP contribution in [-0.4, -0.2) is 60.1 Å². The van der Waals surface area contributed by atoms with Crippen molar-refractivity contribution in [1.82, 2.24) is 10.2 Å². The molecular formula is C13H18N2O5. The molecule has 110 valence electrons. The van der Waals surface area contributed by atoms with E-state index in [1.165, 1.54) is 6.08 Å². The van der Waals surface area contributed by atoms with Crippen LogP contribution in [0.5, 0.6) is 0 Å². The molecule has 0 aliphatic carbocycles. The SMILES string of the molecule is C=CC[C@H](NC(=O)/C=C/C(=O)N1CCOCC1)C(=O)O. The number of carboxylic acids is 1. The van der Waals surface area contributed by atoms with Gasteiger partial charge in [-0.25, -0.2) is 4.79 Å². The number of nitrogens with one attached hydrogen (secondary N) is 1. The lowest BCUT2D eigenvalue weighted by Crippen LogP contribution is -2.41. The smallest absolute Gasteiger partial charge is 0.326 e. The molecule has 1 saturated heterocycles. The molecule has 7 heteroatoms. The van der Waals surface area contributed by atoms with Gasteiger partial charge in [0.05, 0.1) is 13.2 Å². The minimum Gasteiger partial charge on any atom is -0.480 e. The average Bonchev–Trinajstić information content (AvgIpc) is 2.45. The van der Waals surface area contributed by atoms with Crippen LogP contribution in [0.25, 0.3) is 0 Å². The lowest BCUT2D eigenvalue weighted by Gasteiger charge is -2.25. The summed E-state index contributed by atoms with van der Waals surface area (Å²) in [6.07, 6.45) is 3.69. The van der Waals surface area contributed by atoms with Gasteiger partial charge in [0.25, 0.3) is 0 Å². The van der Waals surface area contributed by atoms with Crippen LogP contribution in [0.3, 0.4) is 0 Å². The van der Waals surface area contributed by atoms with Crippen molar-refractivity contribution in [2.75, 3.05) is 26.3 Å². The summed E-state index contributed by atoms with van der Waals surface area (Å²) in [5, 5.41) is 11.1. The first kappa shape index (κ1) is 15.9. The standard InChI is InChI=1S/C13H18N2O5/c1-2-3-10(13(18)19)14-11(16)4-5-12(17)15-6-8-20-9-7-15/h2,4-5,10H,1,3,6-9H2,(H,14,16)(H,18,19)/b5-4+/t10-/m0/s1. The molecule has 0 saturated carbocycles. The topological polar surface area (TPSA) is 95.9 Å². The van der Waals surface area contributed by atoms with Gasteiger partial charge in [0.1, 0.15) is 6.04 Å². The van der Waals surface area contributed by atoms with Crippen molar-refractivity contribution in [3.05, 3.63) is 24.8 Å². The van der Waals surface area contributed by atoms with Crippen LogP contribution in [0.2, 0.25) is 0 Å². The summed E-state index contributed by atoms with van der Waals surface area (Å²) < 4.78 is 5.11. The van der Waals surface area contributed by atoms with Crippen LogP contribution in [0.1, 0.15) is 6.42 Å². The maximum Gasteiger partial charge on any atom is 0.326 e. The van der Waals surface area contributed by atoms with E-state index in [2.05, 4.69) is 11.9 Å². The lowest BCUT2D eigenvalue weighted by molar-refractivity contribution is -0.141. The van der Waals surface area contributed by atoms with Gasteiger partial charge in [-0.15, -0.1) is 6.58 Å². The van der Waals surface area contributed by atoms with Crippen molar-refractivity contribution in [1.29, 1.82) is 0 Å². The van der Waals surface area contributed by atoms with Gasteiger partial charge in [0.2, 0.25) is 11.8 Å². The van der Waals surface area contributed by atoms with Gasteiger partial charge in [-0.05, 0) is 6.42 Å². The van der Waals surface area contributed by atoms with E-state index in [9.17, 15) is 14.4 Å². The van der Waals surface area contributed by atoms with E-state index < -0.39 is 17.9 Å². The molecule has 2 N–H and O–H groups in total. The van der Waals surface area contributed by atoms with Gasteiger partial charge in [-0.2, -0.15) is 0 Å². The van der Waals surface area contributed by atoms with Crippen LogP contribution in [0.4, 0.5) is 0 Å². The predicted molar refractivity (Wildman–Crippen MR) is 70.9 cm³/mol. The van der Waals surface area contributed by atoms with Crippen molar-refractivity contribution < 1.29 is 24.2 Å². The third-order valence-electron chi connectivity index (χ3n) is 2.72. The minimum atomic E-state index is -1.15. The monoisotopic (exact) mass is 282 g/mol. The first-order chi connectivity index (χ1) is 9.54. The first-order valence-electron chi connectivity index (χ1n) is 6.23. The second-order valence-corrected chi connectivity index (χ2v) is 4.19. The maximum atomic E-state index is 11.7. The third-order valence-corrected chi connectivity index (χ3v) is 2.72. The molecule has 0 radical (unpaired) electrons. The summed E-state index contributed by atoms with van der Waals surface area (Å²) in [5.41, 5.74) is 0. The molecule has 0 unspecified atom stereocenters. The van der Waals surface area contributed by atoms with Gasteiger partial charge in [-0.1, -0.05) is 6.08 Å². The Hall–Kier alpha value is -2.15. The fourth-order valence-corrected chi connectivity index (χ4v) is 1.64. The van der Waals surface area contributed by atoms with Gasteiger partial charge in [0.15, 0.2) is 0 Å². The number of carboxylic acid groups (broad SMARTS) is 1. The van der Waals surface area contributed by atoms with E-state index in [0.29, 0.717) is 26.3 Å². The summed E-state index contributed by atoms with van der Waals surface area (Å²) in [6.45, 7) is 5.35. The van der Waals surface area contributed by atoms with E-state index >= 15 is 0 Å². The van der Waals surface area contributed by atoms with Crippen molar-refractivity contribution in [2.45, 2.75) is 12.5 Å². The molecule has 0 spiro atoms. The largest absolute Gasteiger partial charge is 0.480 e. The Morgan fingerprint density at radius 3 is 2.50 bits per heavy atom. The van der Waals surface area contributed by atoms with Crippen LogP contribution >= 0.6 is 0 Å². The van der Waals surface area contributed by atoms with E-state index in [-0.39, 0.29) is 12.3 Å². The fourth-order valence-electron chi connectivity index (χ4n) is 1.64. The van der Waals surface area contributed by atoms with Gasteiger partial charge < -0.3 is 20.1 Å². The summed E-state index contributed by atoms with van der Waals surface area (Å²) in [6, 6.07) is -1.04. The molecule has 2 amide bonds. The number of nitrogens with zero attached hydrogens (tertiary/aromatic N) is 1. The number of carbonyl (C=O) groups is 3. The molecule has 1 fully saturated rings. The van der Waals surface area contributed by atoms with Gasteiger partial charge in [-0.3, -0.25) is 9.59 Å². The second-order valence-electron chi connectivity index (χ2n) is 4.19. The summed E-state index contributed by atoms with van der Waals surface area (Å²) in [5.74, 6) is -2.06. The van der Waals surface area contributed by atoms with Crippen molar-refractivity contribution in [3.8, 4) is 0 Å². The number of hydrogen-bond donors (Lipinski definition) is 2. The van der Waals surface area contributed by atoms with Crippen molar-refractivity contribution >= 4 is 17.8 Å². The molecular weight excluding hydrogens is 264 g/mol. The molecule has 0 aromatic heterocycles. The molecule has 0 bridgehead atoms. The lowest BCUT2D eigenvalue weighted by atomic mass is 10.2. The van der Waals surface area contributed by atoms with E-state index in [4.69, 9.17) is 9.84 Å². The number of morpholine rings is 1. The Bertz CT molecular complexity index is 413.